The highest BCUT2D eigenvalue weighted by Gasteiger charge is 2.27. The highest BCUT2D eigenvalue weighted by Crippen LogP contribution is 2.23. The molecule has 0 aromatic rings. The number of hydrogen-bond acceptors (Lipinski definition) is 2. The first-order valence-electron chi connectivity index (χ1n) is 5.73. The van der Waals surface area contributed by atoms with E-state index in [-0.39, 0.29) is 5.41 Å². The quantitative estimate of drug-likeness (QED) is 0.738. The molecule has 2 atom stereocenters. The monoisotopic (exact) mass is 200 g/mol. The van der Waals surface area contributed by atoms with E-state index < -0.39 is 0 Å². The van der Waals surface area contributed by atoms with Crippen LogP contribution in [0.4, 0.5) is 0 Å². The molecule has 0 radical (unpaired) electrons. The number of nitrogens with zero attached hydrogens (tertiary/aromatic N) is 1. The third-order valence-corrected chi connectivity index (χ3v) is 3.05. The molecule has 0 aliphatic rings. The van der Waals surface area contributed by atoms with E-state index >= 15 is 0 Å². The fourth-order valence-corrected chi connectivity index (χ4v) is 1.94. The Morgan fingerprint density at radius 1 is 1.29 bits per heavy atom. The molecule has 0 saturated heterocycles. The summed E-state index contributed by atoms with van der Waals surface area (Å²) < 4.78 is 0. The Balaban J connectivity index is 4.25. The number of nitrogens with two attached hydrogens (primary N) is 1. The summed E-state index contributed by atoms with van der Waals surface area (Å²) in [6.07, 6.45) is 1.24. The first kappa shape index (κ1) is 13.9. The van der Waals surface area contributed by atoms with Gasteiger partial charge >= 0.3 is 0 Å². The molecule has 2 N–H and O–H groups in total. The standard InChI is InChI=1S/C12H28N2/c1-7-10(2)9-14(6)11(8-13)12(3,4)5/h10-11H,7-9,13H2,1-6H3. The van der Waals surface area contributed by atoms with Crippen molar-refractivity contribution in [3.8, 4) is 0 Å². The lowest BCUT2D eigenvalue weighted by molar-refractivity contribution is 0.116. The molecule has 0 saturated carbocycles. The summed E-state index contributed by atoms with van der Waals surface area (Å²) in [4.78, 5) is 2.41. The average molecular weight is 200 g/mol. The Bertz CT molecular complexity index is 149. The van der Waals surface area contributed by atoms with Crippen molar-refractivity contribution >= 4 is 0 Å². The van der Waals surface area contributed by atoms with E-state index in [0.29, 0.717) is 6.04 Å². The van der Waals surface area contributed by atoms with E-state index in [1.165, 1.54) is 6.42 Å². The molecule has 0 rings (SSSR count). The average Bonchev–Trinajstić information content (AvgIpc) is 2.02. The lowest BCUT2D eigenvalue weighted by atomic mass is 9.85. The van der Waals surface area contributed by atoms with Crippen LogP contribution in [0.1, 0.15) is 41.0 Å². The molecule has 0 aromatic carbocycles. The van der Waals surface area contributed by atoms with Gasteiger partial charge in [0.1, 0.15) is 0 Å². The predicted molar refractivity (Wildman–Crippen MR) is 64.4 cm³/mol. The lowest BCUT2D eigenvalue weighted by Gasteiger charge is -2.38. The van der Waals surface area contributed by atoms with Crippen molar-refractivity contribution in [1.29, 1.82) is 0 Å². The van der Waals surface area contributed by atoms with Gasteiger partial charge in [-0.15, -0.1) is 0 Å². The Kier molecular flexibility index (Phi) is 5.68. The minimum absolute atomic E-state index is 0.275. The maximum atomic E-state index is 5.84. The van der Waals surface area contributed by atoms with Crippen molar-refractivity contribution < 1.29 is 0 Å². The molecule has 0 fully saturated rings. The van der Waals surface area contributed by atoms with Gasteiger partial charge in [-0.2, -0.15) is 0 Å². The second-order valence-electron chi connectivity index (χ2n) is 5.57. The van der Waals surface area contributed by atoms with Crippen LogP contribution in [0.3, 0.4) is 0 Å². The molecule has 0 aliphatic carbocycles. The smallest absolute Gasteiger partial charge is 0.0263 e. The van der Waals surface area contributed by atoms with Gasteiger partial charge in [0.05, 0.1) is 0 Å². The molecule has 2 unspecified atom stereocenters. The van der Waals surface area contributed by atoms with Crippen LogP contribution in [0.25, 0.3) is 0 Å². The summed E-state index contributed by atoms with van der Waals surface area (Å²) in [5, 5.41) is 0. The third-order valence-electron chi connectivity index (χ3n) is 3.05. The van der Waals surface area contributed by atoms with E-state index in [2.05, 4.69) is 46.6 Å². The molecular weight excluding hydrogens is 172 g/mol. The van der Waals surface area contributed by atoms with Gasteiger partial charge in [-0.3, -0.25) is 0 Å². The Hall–Kier alpha value is -0.0800. The fraction of sp³-hybridized carbons (Fsp3) is 1.00. The zero-order valence-electron chi connectivity index (χ0n) is 10.8. The van der Waals surface area contributed by atoms with Crippen molar-refractivity contribution in [3.63, 3.8) is 0 Å². The van der Waals surface area contributed by atoms with Crippen LogP contribution in [0.15, 0.2) is 0 Å². The van der Waals surface area contributed by atoms with Crippen LogP contribution in [0, 0.1) is 11.3 Å². The molecule has 0 spiro atoms. The van der Waals surface area contributed by atoms with Crippen molar-refractivity contribution in [2.75, 3.05) is 20.1 Å². The van der Waals surface area contributed by atoms with Crippen molar-refractivity contribution in [1.82, 2.24) is 4.90 Å². The number of likely N-dealkylation sites (N-methyl/N-ethyl adjacent to an activating group) is 1. The maximum absolute atomic E-state index is 5.84. The normalized spacial score (nSPS) is 17.1. The molecule has 0 aromatic heterocycles. The highest BCUT2D eigenvalue weighted by molar-refractivity contribution is 4.82. The van der Waals surface area contributed by atoms with Gasteiger partial charge in [0, 0.05) is 19.1 Å². The van der Waals surface area contributed by atoms with Crippen LogP contribution in [0.2, 0.25) is 0 Å². The lowest BCUT2D eigenvalue weighted by Crippen LogP contribution is -2.48. The van der Waals surface area contributed by atoms with Gasteiger partial charge in [-0.05, 0) is 18.4 Å². The minimum atomic E-state index is 0.275. The first-order chi connectivity index (χ1) is 6.32. The summed E-state index contributed by atoms with van der Waals surface area (Å²) in [6, 6.07) is 0.483. The topological polar surface area (TPSA) is 29.3 Å². The Morgan fingerprint density at radius 2 is 1.79 bits per heavy atom. The minimum Gasteiger partial charge on any atom is -0.329 e. The summed E-state index contributed by atoms with van der Waals surface area (Å²) in [7, 11) is 2.19. The highest BCUT2D eigenvalue weighted by atomic mass is 15.1. The van der Waals surface area contributed by atoms with Gasteiger partial charge < -0.3 is 10.6 Å². The van der Waals surface area contributed by atoms with E-state index in [9.17, 15) is 0 Å². The van der Waals surface area contributed by atoms with Crippen molar-refractivity contribution in [2.45, 2.75) is 47.1 Å². The number of hydrogen-bond donors (Lipinski definition) is 1. The zero-order chi connectivity index (χ0) is 11.4. The van der Waals surface area contributed by atoms with Gasteiger partial charge in [-0.1, -0.05) is 41.0 Å². The van der Waals surface area contributed by atoms with E-state index in [1.807, 2.05) is 0 Å². The van der Waals surface area contributed by atoms with Crippen LogP contribution in [-0.2, 0) is 0 Å². The van der Waals surface area contributed by atoms with Crippen LogP contribution in [-0.4, -0.2) is 31.1 Å². The Labute approximate surface area is 89.9 Å². The molecular formula is C12H28N2. The fourth-order valence-electron chi connectivity index (χ4n) is 1.94. The van der Waals surface area contributed by atoms with Crippen molar-refractivity contribution in [3.05, 3.63) is 0 Å². The molecule has 2 nitrogen and oxygen atoms in total. The van der Waals surface area contributed by atoms with Crippen LogP contribution < -0.4 is 5.73 Å². The second-order valence-corrected chi connectivity index (χ2v) is 5.57. The van der Waals surface area contributed by atoms with Crippen LogP contribution in [0.5, 0.6) is 0 Å². The first-order valence-corrected chi connectivity index (χ1v) is 5.73. The molecule has 0 aliphatic heterocycles. The zero-order valence-corrected chi connectivity index (χ0v) is 10.8. The Morgan fingerprint density at radius 3 is 2.07 bits per heavy atom. The summed E-state index contributed by atoms with van der Waals surface area (Å²) in [6.45, 7) is 13.2. The van der Waals surface area contributed by atoms with Gasteiger partial charge in [0.2, 0.25) is 0 Å². The van der Waals surface area contributed by atoms with Gasteiger partial charge in [0.25, 0.3) is 0 Å². The summed E-state index contributed by atoms with van der Waals surface area (Å²) >= 11 is 0. The third kappa shape index (κ3) is 4.43. The maximum Gasteiger partial charge on any atom is 0.0263 e. The van der Waals surface area contributed by atoms with E-state index in [1.54, 1.807) is 0 Å². The molecule has 14 heavy (non-hydrogen) atoms. The molecule has 2 heteroatoms. The molecule has 0 heterocycles. The molecule has 0 amide bonds. The van der Waals surface area contributed by atoms with Gasteiger partial charge in [-0.25, -0.2) is 0 Å². The second kappa shape index (κ2) is 5.72. The summed E-state index contributed by atoms with van der Waals surface area (Å²) in [5.41, 5.74) is 6.11. The summed E-state index contributed by atoms with van der Waals surface area (Å²) in [5.74, 6) is 0.761. The SMILES string of the molecule is CCC(C)CN(C)C(CN)C(C)(C)C. The van der Waals surface area contributed by atoms with Gasteiger partial charge in [0.15, 0.2) is 0 Å². The molecule has 0 bridgehead atoms. The largest absolute Gasteiger partial charge is 0.329 e. The van der Waals surface area contributed by atoms with Crippen molar-refractivity contribution in [2.24, 2.45) is 17.1 Å². The predicted octanol–water partition coefficient (Wildman–Crippen LogP) is 2.34. The van der Waals surface area contributed by atoms with Crippen LogP contribution >= 0.6 is 0 Å². The molecule has 86 valence electrons. The van der Waals surface area contributed by atoms with E-state index in [4.69, 9.17) is 5.73 Å². The number of rotatable bonds is 5. The van der Waals surface area contributed by atoms with E-state index in [0.717, 1.165) is 19.0 Å².